The van der Waals surface area contributed by atoms with Gasteiger partial charge in [-0.15, -0.1) is 0 Å². The number of hydrogen-bond acceptors (Lipinski definition) is 4. The maximum Gasteiger partial charge on any atom is 0.272 e. The average Bonchev–Trinajstić information content (AvgIpc) is 2.89. The fraction of sp³-hybridized carbons (Fsp3) is 0.500. The van der Waals surface area contributed by atoms with Crippen molar-refractivity contribution in [3.63, 3.8) is 0 Å². The van der Waals surface area contributed by atoms with Gasteiger partial charge in [0.15, 0.2) is 0 Å². The van der Waals surface area contributed by atoms with Gasteiger partial charge in [0.25, 0.3) is 5.91 Å². The molecule has 2 aromatic heterocycles. The van der Waals surface area contributed by atoms with E-state index in [9.17, 15) is 4.79 Å². The Labute approximate surface area is 130 Å². The van der Waals surface area contributed by atoms with E-state index in [-0.39, 0.29) is 11.9 Å². The lowest BCUT2D eigenvalue weighted by Crippen LogP contribution is -2.32. The van der Waals surface area contributed by atoms with Gasteiger partial charge in [-0.1, -0.05) is 0 Å². The normalized spacial score (nSPS) is 15.2. The number of hydrogen-bond donors (Lipinski definition) is 0. The van der Waals surface area contributed by atoms with Gasteiger partial charge in [0.1, 0.15) is 12.0 Å². The minimum atomic E-state index is -0.107. The molecule has 0 spiro atoms. The van der Waals surface area contributed by atoms with E-state index in [0.29, 0.717) is 0 Å². The Hall–Kier alpha value is -2.24. The molecule has 1 unspecified atom stereocenters. The molecule has 0 saturated heterocycles. The Bertz CT molecular complexity index is 679. The smallest absolute Gasteiger partial charge is 0.272 e. The SMILES string of the molecule is CC(c1ccncn1)N(C)C(=O)c1c2c(nn1C)CCCC2. The molecule has 1 aliphatic carbocycles. The zero-order valence-electron chi connectivity index (χ0n) is 13.3. The minimum Gasteiger partial charge on any atom is -0.332 e. The van der Waals surface area contributed by atoms with Crippen LogP contribution in [0.5, 0.6) is 0 Å². The van der Waals surface area contributed by atoms with Gasteiger partial charge in [-0.2, -0.15) is 5.10 Å². The van der Waals surface area contributed by atoms with Crippen LogP contribution < -0.4 is 0 Å². The van der Waals surface area contributed by atoms with Gasteiger partial charge in [0.2, 0.25) is 0 Å². The van der Waals surface area contributed by atoms with Gasteiger partial charge in [-0.05, 0) is 38.7 Å². The zero-order chi connectivity index (χ0) is 15.7. The molecule has 0 fully saturated rings. The molecule has 1 amide bonds. The van der Waals surface area contributed by atoms with Crippen LogP contribution in [0.2, 0.25) is 0 Å². The molecule has 3 rings (SSSR count). The van der Waals surface area contributed by atoms with Crippen molar-refractivity contribution in [3.8, 4) is 0 Å². The lowest BCUT2D eigenvalue weighted by atomic mass is 9.95. The fourth-order valence-corrected chi connectivity index (χ4v) is 3.04. The highest BCUT2D eigenvalue weighted by Gasteiger charge is 2.28. The molecule has 2 heterocycles. The zero-order valence-corrected chi connectivity index (χ0v) is 13.3. The van der Waals surface area contributed by atoms with Crippen LogP contribution in [0.4, 0.5) is 0 Å². The van der Waals surface area contributed by atoms with Crippen molar-refractivity contribution in [1.29, 1.82) is 0 Å². The lowest BCUT2D eigenvalue weighted by molar-refractivity contribution is 0.0727. The predicted octanol–water partition coefficient (Wildman–Crippen LogP) is 1.92. The molecule has 0 bridgehead atoms. The second-order valence-corrected chi connectivity index (χ2v) is 5.83. The summed E-state index contributed by atoms with van der Waals surface area (Å²) in [7, 11) is 3.67. The molecule has 1 atom stereocenters. The molecule has 0 radical (unpaired) electrons. The molecule has 0 aromatic carbocycles. The summed E-state index contributed by atoms with van der Waals surface area (Å²) in [6, 6.07) is 1.73. The van der Waals surface area contributed by atoms with Crippen molar-refractivity contribution < 1.29 is 4.79 Å². The van der Waals surface area contributed by atoms with Crippen LogP contribution in [0.25, 0.3) is 0 Å². The molecule has 0 N–H and O–H groups in total. The van der Waals surface area contributed by atoms with Crippen molar-refractivity contribution in [2.75, 3.05) is 7.05 Å². The van der Waals surface area contributed by atoms with E-state index in [2.05, 4.69) is 15.1 Å². The van der Waals surface area contributed by atoms with Crippen molar-refractivity contribution in [3.05, 3.63) is 41.2 Å². The summed E-state index contributed by atoms with van der Waals surface area (Å²) in [5.41, 5.74) is 3.76. The summed E-state index contributed by atoms with van der Waals surface area (Å²) < 4.78 is 1.74. The van der Waals surface area contributed by atoms with E-state index in [1.165, 1.54) is 6.33 Å². The summed E-state index contributed by atoms with van der Waals surface area (Å²) in [4.78, 5) is 22.8. The first-order chi connectivity index (χ1) is 10.6. The molecule has 0 aliphatic heterocycles. The summed E-state index contributed by atoms with van der Waals surface area (Å²) in [5, 5.41) is 4.53. The van der Waals surface area contributed by atoms with Crippen LogP contribution in [-0.4, -0.2) is 37.6 Å². The summed E-state index contributed by atoms with van der Waals surface area (Å²) in [6.45, 7) is 1.98. The maximum absolute atomic E-state index is 12.9. The highest BCUT2D eigenvalue weighted by molar-refractivity contribution is 5.94. The first-order valence-corrected chi connectivity index (χ1v) is 7.67. The standard InChI is InChI=1S/C16H21N5O/c1-11(13-8-9-17-10-18-13)20(2)16(22)15-12-6-4-5-7-14(12)19-21(15)3/h8-11H,4-7H2,1-3H3. The van der Waals surface area contributed by atoms with Crippen LogP contribution in [0.1, 0.15) is 53.2 Å². The van der Waals surface area contributed by atoms with E-state index in [1.54, 1.807) is 15.8 Å². The van der Waals surface area contributed by atoms with E-state index < -0.39 is 0 Å². The van der Waals surface area contributed by atoms with Crippen molar-refractivity contribution in [2.24, 2.45) is 7.05 Å². The molecule has 6 heteroatoms. The highest BCUT2D eigenvalue weighted by atomic mass is 16.2. The molecule has 6 nitrogen and oxygen atoms in total. The largest absolute Gasteiger partial charge is 0.332 e. The number of aryl methyl sites for hydroxylation is 2. The first kappa shape index (κ1) is 14.7. The number of carbonyl (C=O) groups is 1. The molecule has 22 heavy (non-hydrogen) atoms. The maximum atomic E-state index is 12.9. The number of amides is 1. The van der Waals surface area contributed by atoms with Gasteiger partial charge in [0, 0.05) is 25.9 Å². The lowest BCUT2D eigenvalue weighted by Gasteiger charge is -2.25. The van der Waals surface area contributed by atoms with Gasteiger partial charge in [-0.3, -0.25) is 9.48 Å². The second-order valence-electron chi connectivity index (χ2n) is 5.83. The number of fused-ring (bicyclic) bond motifs is 1. The summed E-state index contributed by atoms with van der Waals surface area (Å²) in [5.74, 6) is 0.00395. The Kier molecular flexibility index (Phi) is 3.92. The number of nitrogens with zero attached hydrogens (tertiary/aromatic N) is 5. The number of carbonyl (C=O) groups excluding carboxylic acids is 1. The second kappa shape index (κ2) is 5.87. The quantitative estimate of drug-likeness (QED) is 0.868. The Morgan fingerprint density at radius 1 is 1.36 bits per heavy atom. The summed E-state index contributed by atoms with van der Waals surface area (Å²) in [6.07, 6.45) is 7.41. The molecular weight excluding hydrogens is 278 g/mol. The topological polar surface area (TPSA) is 63.9 Å². The van der Waals surface area contributed by atoms with Crippen molar-refractivity contribution in [1.82, 2.24) is 24.6 Å². The summed E-state index contributed by atoms with van der Waals surface area (Å²) >= 11 is 0. The van der Waals surface area contributed by atoms with Gasteiger partial charge in [-0.25, -0.2) is 9.97 Å². The molecule has 2 aromatic rings. The highest BCUT2D eigenvalue weighted by Crippen LogP contribution is 2.26. The van der Waals surface area contributed by atoms with E-state index >= 15 is 0 Å². The van der Waals surface area contributed by atoms with Crippen LogP contribution >= 0.6 is 0 Å². The van der Waals surface area contributed by atoms with Gasteiger partial charge in [0.05, 0.1) is 17.4 Å². The van der Waals surface area contributed by atoms with E-state index in [4.69, 9.17) is 0 Å². The third-order valence-electron chi connectivity index (χ3n) is 4.46. The van der Waals surface area contributed by atoms with Crippen LogP contribution in [0.3, 0.4) is 0 Å². The van der Waals surface area contributed by atoms with Crippen molar-refractivity contribution >= 4 is 5.91 Å². The molecule has 0 saturated carbocycles. The number of rotatable bonds is 3. The van der Waals surface area contributed by atoms with Crippen LogP contribution in [0, 0.1) is 0 Å². The molecule has 1 aliphatic rings. The van der Waals surface area contributed by atoms with Crippen molar-refractivity contribution in [2.45, 2.75) is 38.6 Å². The van der Waals surface area contributed by atoms with E-state index in [1.807, 2.05) is 27.1 Å². The third kappa shape index (κ3) is 2.49. The van der Waals surface area contributed by atoms with Crippen LogP contribution in [-0.2, 0) is 19.9 Å². The molecule has 116 valence electrons. The fourth-order valence-electron chi connectivity index (χ4n) is 3.04. The Morgan fingerprint density at radius 3 is 2.86 bits per heavy atom. The Morgan fingerprint density at radius 2 is 2.14 bits per heavy atom. The number of aromatic nitrogens is 4. The minimum absolute atomic E-state index is 0.00395. The predicted molar refractivity (Wildman–Crippen MR) is 82.4 cm³/mol. The van der Waals surface area contributed by atoms with Gasteiger partial charge < -0.3 is 4.90 Å². The van der Waals surface area contributed by atoms with Gasteiger partial charge >= 0.3 is 0 Å². The van der Waals surface area contributed by atoms with Crippen LogP contribution in [0.15, 0.2) is 18.6 Å². The first-order valence-electron chi connectivity index (χ1n) is 7.67. The molecular formula is C16H21N5O. The average molecular weight is 299 g/mol. The monoisotopic (exact) mass is 299 g/mol. The third-order valence-corrected chi connectivity index (χ3v) is 4.46. The van der Waals surface area contributed by atoms with E-state index in [0.717, 1.165) is 48.3 Å². The Balaban J connectivity index is 1.89.